The molecule has 5 aromatic heterocycles. The summed E-state index contributed by atoms with van der Waals surface area (Å²) in [6, 6.07) is 0. The summed E-state index contributed by atoms with van der Waals surface area (Å²) in [5, 5.41) is 10.6. The van der Waals surface area contributed by atoms with Gasteiger partial charge in [0, 0.05) is 63.0 Å². The average molecular weight is 1500 g/mol. The molecule has 9 rings (SSSR count). The van der Waals surface area contributed by atoms with Crippen molar-refractivity contribution >= 4 is 82.9 Å². The summed E-state index contributed by atoms with van der Waals surface area (Å²) in [7, 11) is -10.3. The number of thiol groups is 2. The van der Waals surface area contributed by atoms with Crippen LogP contribution in [-0.2, 0) is 103 Å². The lowest BCUT2D eigenvalue weighted by molar-refractivity contribution is -0.159. The van der Waals surface area contributed by atoms with E-state index < -0.39 is 176 Å². The molecular weight excluding hydrogens is 1420 g/mol. The Hall–Kier alpha value is -4.99. The van der Waals surface area contributed by atoms with E-state index in [1.165, 1.54) is 65.3 Å². The van der Waals surface area contributed by atoms with Gasteiger partial charge in [-0.25, -0.2) is 33.1 Å². The molecule has 4 fully saturated rings. The highest BCUT2D eigenvalue weighted by molar-refractivity contribution is 8.44. The lowest BCUT2D eigenvalue weighted by atomic mass is 10.1. The van der Waals surface area contributed by atoms with E-state index in [0.717, 1.165) is 20.0 Å². The van der Waals surface area contributed by atoms with E-state index in [2.05, 4.69) is 54.4 Å². The Morgan fingerprint density at radius 1 is 0.680 bits per heavy atom. The number of hydrogen-bond donors (Lipinski definition) is 10. The quantitative estimate of drug-likeness (QED) is 0.0132. The summed E-state index contributed by atoms with van der Waals surface area (Å²) in [5.74, 6) is -0.695. The number of rotatable bonds is 34. The zero-order valence-electron chi connectivity index (χ0n) is 52.3. The fraction of sp³-hybridized carbons (Fsp3) is 0.653. The maximum atomic E-state index is 14.8. The van der Waals surface area contributed by atoms with Gasteiger partial charge >= 0.3 is 39.5 Å². The first kappa shape index (κ1) is 76.2. The Morgan fingerprint density at radius 2 is 1.21 bits per heavy atom. The SMILES string of the molecule is COCCOC1C(OP(=O)(O)OC[C@H]2O[C@@H](n3cc(C)c(=O)[nH]c3=O)CC2O[PH](=O)S)[C@@H](COP(=O)(O)OC2C(OCCOC)[C@H](n3cc(C)c(N)nc3=O)O[C@@H]2COP(=O)(S)OC2[C@@H](CO)OCC2(OCCOC)n2cnc3c(=O)[nH]c(N)nc32)O[C@H]1n1cc(C)c(N)nc1=O. The number of aliphatic hydroxyl groups excluding tert-OH is 1. The zero-order chi connectivity index (χ0) is 70.5. The van der Waals surface area contributed by atoms with Gasteiger partial charge in [-0.15, -0.1) is 0 Å². The number of aliphatic hydroxyl groups is 1. The van der Waals surface area contributed by atoms with Gasteiger partial charge in [0.1, 0.15) is 72.8 Å². The van der Waals surface area contributed by atoms with E-state index in [0.29, 0.717) is 0 Å². The Bertz CT molecular complexity index is 4090. The van der Waals surface area contributed by atoms with Crippen molar-refractivity contribution in [2.24, 2.45) is 0 Å². The number of aromatic amines is 2. The first-order valence-electron chi connectivity index (χ1n) is 29.1. The monoisotopic (exact) mass is 1500 g/mol. The van der Waals surface area contributed by atoms with Crippen LogP contribution in [0.1, 0.15) is 41.8 Å². The molecule has 9 heterocycles. The van der Waals surface area contributed by atoms with Crippen LogP contribution in [0.25, 0.3) is 11.2 Å². The van der Waals surface area contributed by atoms with E-state index in [1.807, 2.05) is 0 Å². The van der Waals surface area contributed by atoms with Crippen LogP contribution in [0.5, 0.6) is 0 Å². The van der Waals surface area contributed by atoms with Crippen LogP contribution in [0.15, 0.2) is 48.9 Å². The molecule has 4 saturated heterocycles. The number of phosphoric acid groups is 2. The minimum absolute atomic E-state index is 0.0440. The highest BCUT2D eigenvalue weighted by atomic mass is 32.7. The topological polar surface area (TPSA) is 552 Å². The maximum absolute atomic E-state index is 14.8. The van der Waals surface area contributed by atoms with Gasteiger partial charge < -0.3 is 84.0 Å². The maximum Gasteiger partial charge on any atom is 0.472 e. The van der Waals surface area contributed by atoms with Crippen LogP contribution in [0.3, 0.4) is 0 Å². The number of imidazole rings is 1. The van der Waals surface area contributed by atoms with Crippen LogP contribution >= 0.6 is 54.2 Å². The van der Waals surface area contributed by atoms with Crippen molar-refractivity contribution in [3.63, 3.8) is 0 Å². The van der Waals surface area contributed by atoms with Gasteiger partial charge in [0.15, 0.2) is 23.6 Å². The van der Waals surface area contributed by atoms with Crippen LogP contribution in [0.2, 0.25) is 0 Å². The highest BCUT2D eigenvalue weighted by Gasteiger charge is 2.58. The molecule has 42 nitrogen and oxygen atoms in total. The molecule has 97 heavy (non-hydrogen) atoms. The normalized spacial score (nSPS) is 28.9. The number of nitrogen functional groups attached to an aromatic ring is 3. The fourth-order valence-corrected chi connectivity index (χ4v) is 15.1. The number of nitrogens with two attached hydrogens (primary N) is 3. The number of nitrogens with zero attached hydrogens (tertiary/aromatic N) is 8. The molecule has 11 N–H and O–H groups in total. The molecule has 5 aromatic rings. The third-order valence-corrected chi connectivity index (χ3v) is 19.8. The predicted octanol–water partition coefficient (Wildman–Crippen LogP) is -1.14. The van der Waals surface area contributed by atoms with E-state index >= 15 is 0 Å². The van der Waals surface area contributed by atoms with Gasteiger partial charge in [0.05, 0.1) is 85.1 Å². The molecule has 0 amide bonds. The van der Waals surface area contributed by atoms with E-state index in [-0.39, 0.29) is 91.5 Å². The number of nitrogens with one attached hydrogen (secondary N) is 2. The van der Waals surface area contributed by atoms with Crippen molar-refractivity contribution in [1.82, 2.24) is 48.2 Å². The molecule has 4 aliphatic rings. The number of phosphoric ester groups is 2. The smallest absolute Gasteiger partial charge is 0.394 e. The molecule has 0 saturated carbocycles. The first-order chi connectivity index (χ1) is 45.9. The minimum atomic E-state index is -5.74. The van der Waals surface area contributed by atoms with Crippen molar-refractivity contribution in [2.75, 3.05) is 111 Å². The molecule has 540 valence electrons. The molecule has 4 aliphatic heterocycles. The number of ether oxygens (including phenoxy) is 10. The van der Waals surface area contributed by atoms with Gasteiger partial charge in [-0.2, -0.15) is 15.0 Å². The largest absolute Gasteiger partial charge is 0.472 e. The summed E-state index contributed by atoms with van der Waals surface area (Å²) in [6.07, 6.45) is -16.6. The van der Waals surface area contributed by atoms with E-state index in [1.54, 1.807) is 0 Å². The second-order valence-corrected chi connectivity index (χ2v) is 29.5. The van der Waals surface area contributed by atoms with E-state index in [4.69, 9.17) is 96.2 Å². The summed E-state index contributed by atoms with van der Waals surface area (Å²) in [4.78, 5) is 109. The van der Waals surface area contributed by atoms with Crippen molar-refractivity contribution in [2.45, 2.75) is 113 Å². The second-order valence-electron chi connectivity index (χ2n) is 22.0. The lowest BCUT2D eigenvalue weighted by Crippen LogP contribution is -2.50. The number of fused-ring (bicyclic) bond motifs is 1. The van der Waals surface area contributed by atoms with Crippen molar-refractivity contribution < 1.29 is 112 Å². The third-order valence-electron chi connectivity index (χ3n) is 15.5. The summed E-state index contributed by atoms with van der Waals surface area (Å²) in [6.45, 7) is -6.04. The summed E-state index contributed by atoms with van der Waals surface area (Å²) in [5.41, 5.74) is 11.7. The number of aromatic nitrogens is 10. The van der Waals surface area contributed by atoms with Gasteiger partial charge in [-0.05, 0) is 20.8 Å². The van der Waals surface area contributed by atoms with Gasteiger partial charge in [-0.1, -0.05) is 24.5 Å². The number of aryl methyl sites for hydroxylation is 3. The molecule has 0 aromatic carbocycles. The number of H-pyrrole nitrogens is 2. The van der Waals surface area contributed by atoms with Crippen LogP contribution in [-0.4, -0.2) is 218 Å². The van der Waals surface area contributed by atoms with Gasteiger partial charge in [-0.3, -0.25) is 69.5 Å². The Labute approximate surface area is 558 Å². The van der Waals surface area contributed by atoms with Crippen molar-refractivity contribution in [3.05, 3.63) is 93.8 Å². The van der Waals surface area contributed by atoms with Crippen LogP contribution < -0.4 is 45.4 Å². The molecule has 18 atom stereocenters. The van der Waals surface area contributed by atoms with Gasteiger partial charge in [0.2, 0.25) is 18.9 Å². The second kappa shape index (κ2) is 32.3. The van der Waals surface area contributed by atoms with Crippen LogP contribution in [0, 0.1) is 20.8 Å². The molecule has 0 aliphatic carbocycles. The van der Waals surface area contributed by atoms with Gasteiger partial charge in [0.25, 0.3) is 11.1 Å². The molecule has 48 heteroatoms. The third kappa shape index (κ3) is 17.8. The zero-order valence-corrected chi connectivity index (χ0v) is 57.8. The number of hydrogen-bond acceptors (Lipinski definition) is 34. The minimum Gasteiger partial charge on any atom is -0.394 e. The van der Waals surface area contributed by atoms with Crippen molar-refractivity contribution in [1.29, 1.82) is 0 Å². The lowest BCUT2D eigenvalue weighted by Gasteiger charge is -2.36. The molecule has 0 spiro atoms. The summed E-state index contributed by atoms with van der Waals surface area (Å²) < 4.78 is 159. The summed E-state index contributed by atoms with van der Waals surface area (Å²) >= 11 is 8.15. The Balaban J connectivity index is 1.02. The van der Waals surface area contributed by atoms with E-state index in [9.17, 15) is 57.1 Å². The Kier molecular flexibility index (Phi) is 25.4. The molecular formula is C49H73N13O29P4S2. The number of anilines is 3. The van der Waals surface area contributed by atoms with Crippen LogP contribution in [0.4, 0.5) is 17.6 Å². The highest BCUT2D eigenvalue weighted by Crippen LogP contribution is 2.59. The molecule has 11 unspecified atom stereocenters. The fourth-order valence-electron chi connectivity index (χ4n) is 10.8. The average Bonchev–Trinajstić information content (AvgIpc) is 1.57. The van der Waals surface area contributed by atoms with Crippen molar-refractivity contribution in [3.8, 4) is 0 Å². The molecule has 0 radical (unpaired) electrons. The first-order valence-corrected chi connectivity index (χ1v) is 37.4. The number of methoxy groups -OCH3 is 3. The predicted molar refractivity (Wildman–Crippen MR) is 338 cm³/mol. The Morgan fingerprint density at radius 3 is 1.74 bits per heavy atom. The molecule has 0 bridgehead atoms. The standard InChI is InChI=1S/C49H73N13O29P4S2/c1-23-14-60(46(66)54-38(23)50)43-35(78-10-7-75-4)33(89-93(70,71)82-18-28-26(88-92(69)96)13-31(85-28)59-16-25(3)41(64)58-48(59)68)29(86-43)19-83-94(72,73)90-34-30(87-44(36(34)79-11-8-76-5)61-15-24(2)39(51)55-47(61)67)20-84-95(74,97)91-37-27(17-63)80-21-49(37,81-12-9-77-6)62-22-53-32-40(62)56-45(52)57-42(32)65/h14-16,22,26-31,33-37,43-44,63,92H,7-13,17-21H2,1-6H3,(H,69,96)(H,70,71)(H,72,73)(H,74,97)(H2,50,54,66)(H2,51,55,67)(H,58,64,68)(H3,52,56,57,65)/t26?,27-,28-,29-,30-,31-,33?,34?,35?,36?,37?,43-,44-,49?,95?/m1/s1.